The van der Waals surface area contributed by atoms with E-state index in [0.717, 1.165) is 12.8 Å². The highest BCUT2D eigenvalue weighted by Crippen LogP contribution is 2.21. The minimum absolute atomic E-state index is 0.354. The van der Waals surface area contributed by atoms with E-state index in [1.54, 1.807) is 18.5 Å². The summed E-state index contributed by atoms with van der Waals surface area (Å²) in [5.41, 5.74) is 0. The molecule has 12 heavy (non-hydrogen) atoms. The summed E-state index contributed by atoms with van der Waals surface area (Å²) in [6, 6.07) is 2.31. The SMILES string of the molecule is c1cnc(OC2CCCC2)nc1. The Morgan fingerprint density at radius 2 is 1.83 bits per heavy atom. The largest absolute Gasteiger partial charge is 0.460 e. The van der Waals surface area contributed by atoms with Crippen LogP contribution < -0.4 is 4.74 Å². The van der Waals surface area contributed by atoms with Crippen molar-refractivity contribution in [3.05, 3.63) is 18.5 Å². The maximum absolute atomic E-state index is 5.55. The number of hydrogen-bond acceptors (Lipinski definition) is 3. The first-order chi connectivity index (χ1) is 5.95. The lowest BCUT2D eigenvalue weighted by molar-refractivity contribution is 0.192. The van der Waals surface area contributed by atoms with E-state index in [4.69, 9.17) is 4.74 Å². The van der Waals surface area contributed by atoms with E-state index in [9.17, 15) is 0 Å². The van der Waals surface area contributed by atoms with E-state index >= 15 is 0 Å². The number of hydrogen-bond donors (Lipinski definition) is 0. The molecule has 0 aromatic carbocycles. The third-order valence-corrected chi connectivity index (χ3v) is 2.12. The molecule has 1 saturated carbocycles. The molecule has 0 spiro atoms. The summed E-state index contributed by atoms with van der Waals surface area (Å²) in [5.74, 6) is 0. The van der Waals surface area contributed by atoms with Gasteiger partial charge in [0.25, 0.3) is 0 Å². The predicted octanol–water partition coefficient (Wildman–Crippen LogP) is 1.80. The van der Waals surface area contributed by atoms with E-state index in [1.165, 1.54) is 12.8 Å². The van der Waals surface area contributed by atoms with Crippen LogP contribution in [0.3, 0.4) is 0 Å². The third-order valence-electron chi connectivity index (χ3n) is 2.12. The smallest absolute Gasteiger partial charge is 0.316 e. The Morgan fingerprint density at radius 1 is 1.17 bits per heavy atom. The lowest BCUT2D eigenvalue weighted by Crippen LogP contribution is -2.12. The van der Waals surface area contributed by atoms with Crippen LogP contribution in [-0.2, 0) is 0 Å². The molecule has 0 aliphatic heterocycles. The molecule has 64 valence electrons. The molecule has 2 rings (SSSR count). The quantitative estimate of drug-likeness (QED) is 0.668. The molecule has 0 radical (unpaired) electrons. The molecular weight excluding hydrogens is 152 g/mol. The van der Waals surface area contributed by atoms with Crippen LogP contribution >= 0.6 is 0 Å². The van der Waals surface area contributed by atoms with Gasteiger partial charge in [-0.3, -0.25) is 0 Å². The summed E-state index contributed by atoms with van der Waals surface area (Å²) in [4.78, 5) is 8.02. The molecule has 0 amide bonds. The van der Waals surface area contributed by atoms with Crippen LogP contribution in [0.15, 0.2) is 18.5 Å². The fourth-order valence-corrected chi connectivity index (χ4v) is 1.50. The Kier molecular flexibility index (Phi) is 2.21. The van der Waals surface area contributed by atoms with E-state index in [-0.39, 0.29) is 0 Å². The monoisotopic (exact) mass is 164 g/mol. The lowest BCUT2D eigenvalue weighted by Gasteiger charge is -2.09. The maximum atomic E-state index is 5.55. The van der Waals surface area contributed by atoms with Gasteiger partial charge in [-0.05, 0) is 31.7 Å². The van der Waals surface area contributed by atoms with E-state index in [0.29, 0.717) is 12.1 Å². The molecule has 0 atom stereocenters. The van der Waals surface area contributed by atoms with Crippen LogP contribution in [0.1, 0.15) is 25.7 Å². The Labute approximate surface area is 71.8 Å². The van der Waals surface area contributed by atoms with Gasteiger partial charge >= 0.3 is 6.01 Å². The molecule has 3 nitrogen and oxygen atoms in total. The van der Waals surface area contributed by atoms with Crippen LogP contribution in [0.4, 0.5) is 0 Å². The highest BCUT2D eigenvalue weighted by Gasteiger charge is 2.16. The first kappa shape index (κ1) is 7.53. The second-order valence-corrected chi connectivity index (χ2v) is 3.06. The van der Waals surface area contributed by atoms with E-state index in [1.807, 2.05) is 0 Å². The van der Waals surface area contributed by atoms with Gasteiger partial charge in [0.1, 0.15) is 6.10 Å². The maximum Gasteiger partial charge on any atom is 0.316 e. The lowest BCUT2D eigenvalue weighted by atomic mass is 10.3. The zero-order valence-corrected chi connectivity index (χ0v) is 6.94. The minimum Gasteiger partial charge on any atom is -0.460 e. The van der Waals surface area contributed by atoms with Crippen molar-refractivity contribution in [3.8, 4) is 6.01 Å². The van der Waals surface area contributed by atoms with Crippen LogP contribution in [0, 0.1) is 0 Å². The molecule has 0 bridgehead atoms. The van der Waals surface area contributed by atoms with Gasteiger partial charge in [-0.25, -0.2) is 9.97 Å². The molecule has 0 saturated heterocycles. The van der Waals surface area contributed by atoms with Crippen LogP contribution in [-0.4, -0.2) is 16.1 Å². The topological polar surface area (TPSA) is 35.0 Å². The molecule has 1 aromatic heterocycles. The van der Waals surface area contributed by atoms with Gasteiger partial charge < -0.3 is 4.74 Å². The molecule has 1 aromatic rings. The molecule has 0 N–H and O–H groups in total. The van der Waals surface area contributed by atoms with Crippen molar-refractivity contribution in [1.82, 2.24) is 9.97 Å². The minimum atomic E-state index is 0.354. The van der Waals surface area contributed by atoms with Crippen LogP contribution in [0.2, 0.25) is 0 Å². The van der Waals surface area contributed by atoms with E-state index < -0.39 is 0 Å². The van der Waals surface area contributed by atoms with Crippen molar-refractivity contribution in [2.24, 2.45) is 0 Å². The average Bonchev–Trinajstić information content (AvgIpc) is 2.59. The van der Waals surface area contributed by atoms with Gasteiger partial charge in [-0.15, -0.1) is 0 Å². The summed E-state index contributed by atoms with van der Waals surface area (Å²) < 4.78 is 5.55. The number of nitrogens with zero attached hydrogens (tertiary/aromatic N) is 2. The predicted molar refractivity (Wildman–Crippen MR) is 44.9 cm³/mol. The van der Waals surface area contributed by atoms with Crippen molar-refractivity contribution < 1.29 is 4.74 Å². The fraction of sp³-hybridized carbons (Fsp3) is 0.556. The van der Waals surface area contributed by atoms with Crippen molar-refractivity contribution in [1.29, 1.82) is 0 Å². The molecular formula is C9H12N2O. The molecule has 1 fully saturated rings. The van der Waals surface area contributed by atoms with Crippen molar-refractivity contribution in [2.75, 3.05) is 0 Å². The Hall–Kier alpha value is -1.12. The van der Waals surface area contributed by atoms with Crippen molar-refractivity contribution in [2.45, 2.75) is 31.8 Å². The number of rotatable bonds is 2. The van der Waals surface area contributed by atoms with Crippen LogP contribution in [0.25, 0.3) is 0 Å². The van der Waals surface area contributed by atoms with E-state index in [2.05, 4.69) is 9.97 Å². The van der Waals surface area contributed by atoms with Gasteiger partial charge in [-0.1, -0.05) is 0 Å². The number of aromatic nitrogens is 2. The second-order valence-electron chi connectivity index (χ2n) is 3.06. The Balaban J connectivity index is 1.94. The summed E-state index contributed by atoms with van der Waals surface area (Å²) >= 11 is 0. The Morgan fingerprint density at radius 3 is 2.50 bits per heavy atom. The standard InChI is InChI=1S/C9H12N2O/c1-2-5-8(4-1)12-9-10-6-3-7-11-9/h3,6-8H,1-2,4-5H2. The average molecular weight is 164 g/mol. The molecule has 0 unspecified atom stereocenters. The first-order valence-corrected chi connectivity index (χ1v) is 4.39. The zero-order chi connectivity index (χ0) is 8.23. The number of ether oxygens (including phenoxy) is 1. The van der Waals surface area contributed by atoms with Gasteiger partial charge in [-0.2, -0.15) is 0 Å². The van der Waals surface area contributed by atoms with Gasteiger partial charge in [0, 0.05) is 12.4 Å². The summed E-state index contributed by atoms with van der Waals surface area (Å²) in [6.07, 6.45) is 8.62. The molecule has 1 aliphatic rings. The summed E-state index contributed by atoms with van der Waals surface area (Å²) in [7, 11) is 0. The first-order valence-electron chi connectivity index (χ1n) is 4.39. The summed E-state index contributed by atoms with van der Waals surface area (Å²) in [6.45, 7) is 0. The van der Waals surface area contributed by atoms with Gasteiger partial charge in [0.05, 0.1) is 0 Å². The zero-order valence-electron chi connectivity index (χ0n) is 6.94. The van der Waals surface area contributed by atoms with Gasteiger partial charge in [0.2, 0.25) is 0 Å². The van der Waals surface area contributed by atoms with Crippen LogP contribution in [0.5, 0.6) is 6.01 Å². The molecule has 1 aliphatic carbocycles. The molecule has 3 heteroatoms. The Bertz CT molecular complexity index is 232. The van der Waals surface area contributed by atoms with Gasteiger partial charge in [0.15, 0.2) is 0 Å². The summed E-state index contributed by atoms with van der Waals surface area (Å²) in [5, 5.41) is 0. The second kappa shape index (κ2) is 3.52. The highest BCUT2D eigenvalue weighted by molar-refractivity contribution is 4.94. The fourth-order valence-electron chi connectivity index (χ4n) is 1.50. The van der Waals surface area contributed by atoms with Crippen molar-refractivity contribution >= 4 is 0 Å². The van der Waals surface area contributed by atoms with Crippen molar-refractivity contribution in [3.63, 3.8) is 0 Å². The molecule has 1 heterocycles. The normalized spacial score (nSPS) is 18.0. The third kappa shape index (κ3) is 1.72. The highest BCUT2D eigenvalue weighted by atomic mass is 16.5.